The molecule has 0 fully saturated rings. The highest BCUT2D eigenvalue weighted by Gasteiger charge is 2.13. The molecule has 0 aliphatic carbocycles. The van der Waals surface area contributed by atoms with Gasteiger partial charge in [-0.1, -0.05) is 329 Å². The van der Waals surface area contributed by atoms with Crippen molar-refractivity contribution in [2.24, 2.45) is 5.92 Å². The first kappa shape index (κ1) is 62.9. The van der Waals surface area contributed by atoms with Crippen LogP contribution in [0.4, 0.5) is 0 Å². The predicted octanol–water partition coefficient (Wildman–Crippen LogP) is 21.0. The van der Waals surface area contributed by atoms with E-state index in [1.54, 1.807) is 0 Å². The third-order valence-corrected chi connectivity index (χ3v) is 14.0. The Morgan fingerprint density at radius 3 is 0.750 bits per heavy atom. The maximum atomic E-state index is 12.3. The largest absolute Gasteiger partial charge is 0.466 e. The molecule has 4 heteroatoms. The molecular formula is C60H118O4. The van der Waals surface area contributed by atoms with E-state index in [0.717, 1.165) is 25.7 Å². The topological polar surface area (TPSA) is 52.6 Å². The van der Waals surface area contributed by atoms with Gasteiger partial charge < -0.3 is 9.47 Å². The van der Waals surface area contributed by atoms with Crippen LogP contribution in [0.3, 0.4) is 0 Å². The Kier molecular flexibility index (Phi) is 55.3. The van der Waals surface area contributed by atoms with Gasteiger partial charge in [-0.3, -0.25) is 9.59 Å². The van der Waals surface area contributed by atoms with Crippen molar-refractivity contribution in [1.82, 2.24) is 0 Å². The SMILES string of the molecule is CCCCCCCCCCCCCCCCCCCCCCCCCCCOC(=O)CC(C)COC(=O)CCCCCCCCCCCCCCCCCCCCCCCCCCC. The molecule has 1 unspecified atom stereocenters. The van der Waals surface area contributed by atoms with Gasteiger partial charge in [-0.05, 0) is 12.8 Å². The van der Waals surface area contributed by atoms with E-state index < -0.39 is 0 Å². The standard InChI is InChI=1S/C60H118O4/c1-4-6-8-10-12-14-16-18-20-22-24-26-28-30-32-34-36-38-40-42-44-46-48-50-52-54-59(61)64-57-58(3)56-60(62)63-55-53-51-49-47-45-43-41-39-37-35-33-31-29-27-25-23-21-19-17-15-13-11-9-7-5-2/h58H,4-57H2,1-3H3. The quantitative estimate of drug-likeness (QED) is 0.0451. The summed E-state index contributed by atoms with van der Waals surface area (Å²) in [5.74, 6) is -0.276. The number of hydrogen-bond donors (Lipinski definition) is 0. The Labute approximate surface area is 403 Å². The first-order chi connectivity index (χ1) is 31.6. The molecule has 382 valence electrons. The van der Waals surface area contributed by atoms with E-state index in [0.29, 0.717) is 26.1 Å². The van der Waals surface area contributed by atoms with Gasteiger partial charge in [-0.15, -0.1) is 0 Å². The van der Waals surface area contributed by atoms with Crippen LogP contribution < -0.4 is 0 Å². The molecule has 1 atom stereocenters. The second kappa shape index (κ2) is 56.3. The normalized spacial score (nSPS) is 12.0. The smallest absolute Gasteiger partial charge is 0.306 e. The van der Waals surface area contributed by atoms with Crippen LogP contribution in [0.5, 0.6) is 0 Å². The fourth-order valence-electron chi connectivity index (χ4n) is 9.55. The number of carbonyl (C=O) groups is 2. The average Bonchev–Trinajstić information content (AvgIpc) is 3.29. The first-order valence-corrected chi connectivity index (χ1v) is 29.9. The van der Waals surface area contributed by atoms with Gasteiger partial charge >= 0.3 is 11.9 Å². The molecule has 4 nitrogen and oxygen atoms in total. The summed E-state index contributed by atoms with van der Waals surface area (Å²) in [4.78, 5) is 24.5. The molecule has 0 saturated carbocycles. The van der Waals surface area contributed by atoms with Gasteiger partial charge in [0, 0.05) is 12.3 Å². The van der Waals surface area contributed by atoms with E-state index >= 15 is 0 Å². The molecule has 0 heterocycles. The molecule has 0 aromatic heterocycles. The molecule has 0 aromatic carbocycles. The average molecular weight is 904 g/mol. The summed E-state index contributed by atoms with van der Waals surface area (Å²) in [6, 6.07) is 0. The van der Waals surface area contributed by atoms with Gasteiger partial charge in [0.05, 0.1) is 19.6 Å². The maximum Gasteiger partial charge on any atom is 0.306 e. The van der Waals surface area contributed by atoms with Crippen LogP contribution >= 0.6 is 0 Å². The highest BCUT2D eigenvalue weighted by atomic mass is 16.5. The Morgan fingerprint density at radius 2 is 0.500 bits per heavy atom. The van der Waals surface area contributed by atoms with E-state index in [2.05, 4.69) is 13.8 Å². The molecule has 0 amide bonds. The van der Waals surface area contributed by atoms with Gasteiger partial charge in [0.15, 0.2) is 0 Å². The molecule has 0 radical (unpaired) electrons. The molecule has 0 N–H and O–H groups in total. The molecule has 0 aromatic rings. The third-order valence-electron chi connectivity index (χ3n) is 14.0. The Hall–Kier alpha value is -1.06. The van der Waals surface area contributed by atoms with Crippen LogP contribution in [0.2, 0.25) is 0 Å². The fraction of sp³-hybridized carbons (Fsp3) is 0.967. The number of rotatable bonds is 56. The van der Waals surface area contributed by atoms with Crippen LogP contribution in [0.1, 0.15) is 355 Å². The van der Waals surface area contributed by atoms with Crippen molar-refractivity contribution in [3.63, 3.8) is 0 Å². The number of esters is 2. The van der Waals surface area contributed by atoms with Gasteiger partial charge in [0.1, 0.15) is 0 Å². The van der Waals surface area contributed by atoms with Crippen LogP contribution in [-0.2, 0) is 19.1 Å². The lowest BCUT2D eigenvalue weighted by atomic mass is 10.0. The highest BCUT2D eigenvalue weighted by Crippen LogP contribution is 2.19. The lowest BCUT2D eigenvalue weighted by molar-refractivity contribution is -0.149. The van der Waals surface area contributed by atoms with Gasteiger partial charge in [-0.25, -0.2) is 0 Å². The van der Waals surface area contributed by atoms with Crippen LogP contribution in [0, 0.1) is 5.92 Å². The van der Waals surface area contributed by atoms with Gasteiger partial charge in [0.2, 0.25) is 0 Å². The molecule has 0 saturated heterocycles. The molecule has 0 aliphatic rings. The van der Waals surface area contributed by atoms with Gasteiger partial charge in [-0.2, -0.15) is 0 Å². The highest BCUT2D eigenvalue weighted by molar-refractivity contribution is 5.70. The van der Waals surface area contributed by atoms with E-state index in [4.69, 9.17) is 9.47 Å². The fourth-order valence-corrected chi connectivity index (χ4v) is 9.55. The van der Waals surface area contributed by atoms with Crippen molar-refractivity contribution in [3.8, 4) is 0 Å². The summed E-state index contributed by atoms with van der Waals surface area (Å²) in [5.41, 5.74) is 0. The summed E-state index contributed by atoms with van der Waals surface area (Å²) in [7, 11) is 0. The molecular weight excluding hydrogens is 785 g/mol. The van der Waals surface area contributed by atoms with Crippen molar-refractivity contribution >= 4 is 11.9 Å². The van der Waals surface area contributed by atoms with Crippen LogP contribution in [0.25, 0.3) is 0 Å². The second-order valence-electron chi connectivity index (χ2n) is 20.9. The minimum Gasteiger partial charge on any atom is -0.466 e. The molecule has 0 rings (SSSR count). The van der Waals surface area contributed by atoms with Crippen molar-refractivity contribution in [2.75, 3.05) is 13.2 Å². The summed E-state index contributed by atoms with van der Waals surface area (Å²) in [6.07, 6.45) is 70.1. The summed E-state index contributed by atoms with van der Waals surface area (Å²) in [6.45, 7) is 7.40. The van der Waals surface area contributed by atoms with Crippen LogP contribution in [-0.4, -0.2) is 25.2 Å². The molecule has 64 heavy (non-hydrogen) atoms. The lowest BCUT2D eigenvalue weighted by Gasteiger charge is -2.12. The molecule has 0 aliphatic heterocycles. The maximum absolute atomic E-state index is 12.3. The summed E-state index contributed by atoms with van der Waals surface area (Å²) in [5, 5.41) is 0. The van der Waals surface area contributed by atoms with Crippen molar-refractivity contribution in [1.29, 1.82) is 0 Å². The monoisotopic (exact) mass is 903 g/mol. The van der Waals surface area contributed by atoms with E-state index in [-0.39, 0.29) is 17.9 Å². The Morgan fingerprint density at radius 1 is 0.281 bits per heavy atom. The number of hydrogen-bond acceptors (Lipinski definition) is 4. The zero-order valence-corrected chi connectivity index (χ0v) is 44.4. The number of unbranched alkanes of at least 4 members (excludes halogenated alkanes) is 48. The van der Waals surface area contributed by atoms with Crippen molar-refractivity contribution in [3.05, 3.63) is 0 Å². The van der Waals surface area contributed by atoms with E-state index in [1.165, 1.54) is 295 Å². The zero-order valence-electron chi connectivity index (χ0n) is 44.4. The Bertz CT molecular complexity index is 887. The zero-order chi connectivity index (χ0) is 46.3. The summed E-state index contributed by atoms with van der Waals surface area (Å²) < 4.78 is 11.0. The van der Waals surface area contributed by atoms with Gasteiger partial charge in [0.25, 0.3) is 0 Å². The Balaban J connectivity index is 3.30. The first-order valence-electron chi connectivity index (χ1n) is 29.9. The van der Waals surface area contributed by atoms with Crippen LogP contribution in [0.15, 0.2) is 0 Å². The van der Waals surface area contributed by atoms with Crippen molar-refractivity contribution in [2.45, 2.75) is 355 Å². The number of ether oxygens (including phenoxy) is 2. The van der Waals surface area contributed by atoms with E-state index in [1.807, 2.05) is 6.92 Å². The molecule has 0 bridgehead atoms. The number of carbonyl (C=O) groups excluding carboxylic acids is 2. The minimum absolute atomic E-state index is 0.00424. The minimum atomic E-state index is -0.159. The summed E-state index contributed by atoms with van der Waals surface area (Å²) >= 11 is 0. The predicted molar refractivity (Wildman–Crippen MR) is 283 cm³/mol. The second-order valence-corrected chi connectivity index (χ2v) is 20.9. The molecule has 0 spiro atoms. The van der Waals surface area contributed by atoms with E-state index in [9.17, 15) is 9.59 Å². The lowest BCUT2D eigenvalue weighted by Crippen LogP contribution is -2.17. The van der Waals surface area contributed by atoms with Crippen molar-refractivity contribution < 1.29 is 19.1 Å². The third kappa shape index (κ3) is 55.3.